The molecule has 1 heterocycles. The average Bonchev–Trinajstić information content (AvgIpc) is 2.79. The number of hydrogen-bond donors (Lipinski definition) is 2. The third kappa shape index (κ3) is 4.87. The molecule has 0 bridgehead atoms. The van der Waals surface area contributed by atoms with Crippen LogP contribution < -0.4 is 5.32 Å². The highest BCUT2D eigenvalue weighted by molar-refractivity contribution is 5.78. The fourth-order valence-corrected chi connectivity index (χ4v) is 2.59. The molecule has 9 heteroatoms. The molecule has 1 aromatic carbocycles. The quantitative estimate of drug-likeness (QED) is 0.823. The Morgan fingerprint density at radius 2 is 2.04 bits per heavy atom. The lowest BCUT2D eigenvalue weighted by Crippen LogP contribution is -2.41. The van der Waals surface area contributed by atoms with Gasteiger partial charge >= 0.3 is 6.18 Å². The summed E-state index contributed by atoms with van der Waals surface area (Å²) in [6.45, 7) is -1.94. The highest BCUT2D eigenvalue weighted by atomic mass is 19.4. The Bertz CT molecular complexity index is 579. The van der Waals surface area contributed by atoms with Crippen molar-refractivity contribution in [2.24, 2.45) is 0 Å². The van der Waals surface area contributed by atoms with Crippen LogP contribution in [0, 0.1) is 11.6 Å². The van der Waals surface area contributed by atoms with E-state index >= 15 is 0 Å². The van der Waals surface area contributed by atoms with E-state index in [1.165, 1.54) is 4.90 Å². The molecule has 0 saturated carbocycles. The predicted octanol–water partition coefficient (Wildman–Crippen LogP) is 1.75. The van der Waals surface area contributed by atoms with Crippen LogP contribution in [0.4, 0.5) is 22.0 Å². The Morgan fingerprint density at radius 3 is 2.70 bits per heavy atom. The van der Waals surface area contributed by atoms with E-state index in [-0.39, 0.29) is 18.5 Å². The number of rotatable bonds is 4. The Labute approximate surface area is 128 Å². The molecule has 0 spiro atoms. The predicted molar refractivity (Wildman–Crippen MR) is 70.4 cm³/mol. The SMILES string of the molecule is O=C(CN1C[C@H](O)C[C@@H]1c1cc(F)ccc1F)NCC(F)(F)F. The second-order valence-electron chi connectivity index (χ2n) is 5.39. The van der Waals surface area contributed by atoms with Gasteiger partial charge in [0.05, 0.1) is 12.6 Å². The molecule has 0 unspecified atom stereocenters. The van der Waals surface area contributed by atoms with Crippen molar-refractivity contribution in [2.45, 2.75) is 24.7 Å². The second-order valence-corrected chi connectivity index (χ2v) is 5.39. The first-order valence-electron chi connectivity index (χ1n) is 6.86. The third-order valence-electron chi connectivity index (χ3n) is 3.53. The molecule has 1 aliphatic heterocycles. The van der Waals surface area contributed by atoms with Gasteiger partial charge in [0.25, 0.3) is 0 Å². The smallest absolute Gasteiger partial charge is 0.392 e. The lowest BCUT2D eigenvalue weighted by atomic mass is 10.0. The van der Waals surface area contributed by atoms with Crippen molar-refractivity contribution < 1.29 is 31.9 Å². The van der Waals surface area contributed by atoms with E-state index in [2.05, 4.69) is 0 Å². The van der Waals surface area contributed by atoms with E-state index in [0.29, 0.717) is 0 Å². The molecule has 1 fully saturated rings. The Kier molecular flexibility index (Phi) is 5.20. The zero-order valence-corrected chi connectivity index (χ0v) is 11.9. The Morgan fingerprint density at radius 1 is 1.35 bits per heavy atom. The largest absolute Gasteiger partial charge is 0.405 e. The summed E-state index contributed by atoms with van der Waals surface area (Å²) in [5.74, 6) is -2.28. The number of benzene rings is 1. The summed E-state index contributed by atoms with van der Waals surface area (Å²) >= 11 is 0. The van der Waals surface area contributed by atoms with Crippen LogP contribution in [0.5, 0.6) is 0 Å². The fraction of sp³-hybridized carbons (Fsp3) is 0.500. The van der Waals surface area contributed by atoms with Crippen LogP contribution in [-0.2, 0) is 4.79 Å². The number of amides is 1. The first-order chi connectivity index (χ1) is 10.7. The lowest BCUT2D eigenvalue weighted by Gasteiger charge is -2.24. The summed E-state index contributed by atoms with van der Waals surface area (Å²) in [6, 6.07) is 2.04. The van der Waals surface area contributed by atoms with Crippen LogP contribution >= 0.6 is 0 Å². The minimum Gasteiger partial charge on any atom is -0.392 e. The summed E-state index contributed by atoms with van der Waals surface area (Å²) in [6.07, 6.45) is -5.35. The lowest BCUT2D eigenvalue weighted by molar-refractivity contribution is -0.139. The number of carbonyl (C=O) groups is 1. The van der Waals surface area contributed by atoms with Gasteiger partial charge < -0.3 is 10.4 Å². The molecule has 0 aliphatic carbocycles. The van der Waals surface area contributed by atoms with Gasteiger partial charge in [0, 0.05) is 18.2 Å². The molecule has 1 aromatic rings. The highest BCUT2D eigenvalue weighted by Gasteiger charge is 2.35. The van der Waals surface area contributed by atoms with Crippen molar-refractivity contribution >= 4 is 5.91 Å². The van der Waals surface area contributed by atoms with Gasteiger partial charge in [-0.25, -0.2) is 8.78 Å². The number of carbonyl (C=O) groups excluding carboxylic acids is 1. The molecule has 2 atom stereocenters. The molecular formula is C14H15F5N2O2. The van der Waals surface area contributed by atoms with Crippen molar-refractivity contribution in [3.63, 3.8) is 0 Å². The van der Waals surface area contributed by atoms with Crippen molar-refractivity contribution in [3.05, 3.63) is 35.4 Å². The maximum absolute atomic E-state index is 13.8. The monoisotopic (exact) mass is 338 g/mol. The number of halogens is 5. The number of β-amino-alcohol motifs (C(OH)–C–C–N with tert-alkyl or cyclic N) is 1. The van der Waals surface area contributed by atoms with Gasteiger partial charge in [0.15, 0.2) is 0 Å². The molecule has 0 aromatic heterocycles. The highest BCUT2D eigenvalue weighted by Crippen LogP contribution is 2.33. The minimum absolute atomic E-state index is 0.0138. The van der Waals surface area contributed by atoms with E-state index in [1.54, 1.807) is 5.32 Å². The van der Waals surface area contributed by atoms with Crippen molar-refractivity contribution in [2.75, 3.05) is 19.6 Å². The van der Waals surface area contributed by atoms with Gasteiger partial charge in [0.1, 0.15) is 18.2 Å². The van der Waals surface area contributed by atoms with Gasteiger partial charge in [0.2, 0.25) is 5.91 Å². The summed E-state index contributed by atoms with van der Waals surface area (Å²) in [4.78, 5) is 12.9. The Balaban J connectivity index is 2.08. The van der Waals surface area contributed by atoms with Crippen molar-refractivity contribution in [3.8, 4) is 0 Å². The minimum atomic E-state index is -4.53. The van der Waals surface area contributed by atoms with E-state index in [4.69, 9.17) is 0 Å². The van der Waals surface area contributed by atoms with Gasteiger partial charge in [-0.05, 0) is 24.6 Å². The molecule has 128 valence electrons. The average molecular weight is 338 g/mol. The van der Waals surface area contributed by atoms with Crippen LogP contribution in [-0.4, -0.2) is 47.8 Å². The first-order valence-corrected chi connectivity index (χ1v) is 6.86. The van der Waals surface area contributed by atoms with Crippen LogP contribution in [0.25, 0.3) is 0 Å². The normalized spacial score (nSPS) is 22.3. The number of likely N-dealkylation sites (tertiary alicyclic amines) is 1. The number of nitrogens with one attached hydrogen (secondary N) is 1. The molecule has 1 aliphatic rings. The first kappa shape index (κ1) is 17.6. The van der Waals surface area contributed by atoms with Gasteiger partial charge in [-0.15, -0.1) is 0 Å². The summed E-state index contributed by atoms with van der Waals surface area (Å²) < 4.78 is 63.3. The summed E-state index contributed by atoms with van der Waals surface area (Å²) in [7, 11) is 0. The summed E-state index contributed by atoms with van der Waals surface area (Å²) in [5.41, 5.74) is -0.0369. The number of nitrogens with zero attached hydrogens (tertiary/aromatic N) is 1. The van der Waals surface area contributed by atoms with Crippen LogP contribution in [0.1, 0.15) is 18.0 Å². The number of aliphatic hydroxyl groups is 1. The van der Waals surface area contributed by atoms with E-state index < -0.39 is 49.0 Å². The molecule has 23 heavy (non-hydrogen) atoms. The molecule has 1 amide bonds. The number of hydrogen-bond acceptors (Lipinski definition) is 3. The van der Waals surface area contributed by atoms with Crippen molar-refractivity contribution in [1.29, 1.82) is 0 Å². The summed E-state index contributed by atoms with van der Waals surface area (Å²) in [5, 5.41) is 11.4. The maximum Gasteiger partial charge on any atom is 0.405 e. The zero-order valence-electron chi connectivity index (χ0n) is 11.9. The number of alkyl halides is 3. The standard InChI is InChI=1S/C14H15F5N2O2/c15-8-1-2-11(16)10(3-8)12-4-9(22)5-21(12)6-13(23)20-7-14(17,18)19/h1-3,9,12,22H,4-7H2,(H,20,23)/t9-,12-/m1/s1. The molecule has 0 radical (unpaired) electrons. The van der Waals surface area contributed by atoms with Gasteiger partial charge in [-0.3, -0.25) is 9.69 Å². The van der Waals surface area contributed by atoms with Gasteiger partial charge in [-0.1, -0.05) is 0 Å². The maximum atomic E-state index is 13.8. The molecule has 2 rings (SSSR count). The fourth-order valence-electron chi connectivity index (χ4n) is 2.59. The Hall–Kier alpha value is -1.74. The third-order valence-corrected chi connectivity index (χ3v) is 3.53. The topological polar surface area (TPSA) is 52.6 Å². The number of aliphatic hydroxyl groups excluding tert-OH is 1. The van der Waals surface area contributed by atoms with Gasteiger partial charge in [-0.2, -0.15) is 13.2 Å². The molecule has 4 nitrogen and oxygen atoms in total. The van der Waals surface area contributed by atoms with Crippen LogP contribution in [0.15, 0.2) is 18.2 Å². The molecular weight excluding hydrogens is 323 g/mol. The van der Waals surface area contributed by atoms with E-state index in [1.807, 2.05) is 0 Å². The van der Waals surface area contributed by atoms with E-state index in [9.17, 15) is 31.9 Å². The van der Waals surface area contributed by atoms with Crippen molar-refractivity contribution in [1.82, 2.24) is 10.2 Å². The molecule has 1 saturated heterocycles. The molecule has 2 N–H and O–H groups in total. The second kappa shape index (κ2) is 6.79. The zero-order chi connectivity index (χ0) is 17.2. The van der Waals surface area contributed by atoms with Crippen LogP contribution in [0.3, 0.4) is 0 Å². The van der Waals surface area contributed by atoms with Crippen LogP contribution in [0.2, 0.25) is 0 Å². The van der Waals surface area contributed by atoms with E-state index in [0.717, 1.165) is 18.2 Å².